The zero-order valence-corrected chi connectivity index (χ0v) is 9.96. The molecule has 15 heavy (non-hydrogen) atoms. The molecule has 5 heteroatoms. The van der Waals surface area contributed by atoms with Gasteiger partial charge in [0.1, 0.15) is 5.82 Å². The molecule has 2 rings (SSSR count). The Morgan fingerprint density at radius 3 is 2.87 bits per heavy atom. The van der Waals surface area contributed by atoms with Gasteiger partial charge < -0.3 is 15.8 Å². The molecule has 0 saturated carbocycles. The number of aromatic nitrogens is 1. The molecular weight excluding hydrogens is 258 g/mol. The zero-order chi connectivity index (χ0) is 10.7. The van der Waals surface area contributed by atoms with E-state index < -0.39 is 0 Å². The first-order valence-corrected chi connectivity index (χ1v) is 5.80. The Bertz CT molecular complexity index is 339. The molecule has 0 aliphatic carbocycles. The molecule has 0 bridgehead atoms. The topological polar surface area (TPSA) is 60.2 Å². The maximum atomic E-state index is 5.62. The van der Waals surface area contributed by atoms with E-state index in [1.807, 2.05) is 6.07 Å². The van der Waals surface area contributed by atoms with Gasteiger partial charge in [0.2, 0.25) is 0 Å². The van der Waals surface area contributed by atoms with Crippen LogP contribution in [0.1, 0.15) is 12.8 Å². The molecule has 2 heterocycles. The van der Waals surface area contributed by atoms with E-state index in [1.165, 1.54) is 0 Å². The minimum Gasteiger partial charge on any atom is -0.397 e. The Labute approximate surface area is 97.3 Å². The third-order valence-electron chi connectivity index (χ3n) is 2.42. The van der Waals surface area contributed by atoms with Crippen LogP contribution in [0.3, 0.4) is 0 Å². The van der Waals surface area contributed by atoms with E-state index in [4.69, 9.17) is 10.5 Å². The summed E-state index contributed by atoms with van der Waals surface area (Å²) in [6.07, 6.45) is 3.71. The van der Waals surface area contributed by atoms with Crippen molar-refractivity contribution in [1.29, 1.82) is 0 Å². The largest absolute Gasteiger partial charge is 0.397 e. The van der Waals surface area contributed by atoms with Crippen molar-refractivity contribution >= 4 is 27.4 Å². The number of nitrogens with zero attached hydrogens (tertiary/aromatic N) is 1. The summed E-state index contributed by atoms with van der Waals surface area (Å²) in [6, 6.07) is 2.31. The van der Waals surface area contributed by atoms with E-state index in [2.05, 4.69) is 26.2 Å². The van der Waals surface area contributed by atoms with Gasteiger partial charge in [-0.3, -0.25) is 0 Å². The minimum absolute atomic E-state index is 0.450. The van der Waals surface area contributed by atoms with Crippen molar-refractivity contribution in [1.82, 2.24) is 4.98 Å². The molecule has 1 saturated heterocycles. The van der Waals surface area contributed by atoms with Gasteiger partial charge in [-0.25, -0.2) is 4.98 Å². The van der Waals surface area contributed by atoms with Crippen LogP contribution in [0.25, 0.3) is 0 Å². The van der Waals surface area contributed by atoms with Crippen LogP contribution in [0.4, 0.5) is 11.5 Å². The lowest BCUT2D eigenvalue weighted by Crippen LogP contribution is -2.28. The first-order chi connectivity index (χ1) is 7.25. The highest BCUT2D eigenvalue weighted by atomic mass is 79.9. The van der Waals surface area contributed by atoms with Gasteiger partial charge in [0.25, 0.3) is 0 Å². The molecule has 1 aliphatic heterocycles. The summed E-state index contributed by atoms with van der Waals surface area (Å²) in [5.41, 5.74) is 6.29. The number of anilines is 2. The van der Waals surface area contributed by atoms with Crippen LogP contribution in [-0.2, 0) is 4.74 Å². The number of hydrogen-bond acceptors (Lipinski definition) is 4. The van der Waals surface area contributed by atoms with Gasteiger partial charge in [-0.05, 0) is 34.8 Å². The predicted molar refractivity (Wildman–Crippen MR) is 63.8 cm³/mol. The van der Waals surface area contributed by atoms with Gasteiger partial charge in [-0.15, -0.1) is 0 Å². The second-order valence-electron chi connectivity index (χ2n) is 3.63. The van der Waals surface area contributed by atoms with E-state index in [0.717, 1.165) is 36.3 Å². The Morgan fingerprint density at radius 2 is 2.20 bits per heavy atom. The SMILES string of the molecule is Nc1cnc(NC2CCOCC2)c(Br)c1. The fraction of sp³-hybridized carbons (Fsp3) is 0.500. The summed E-state index contributed by atoms with van der Waals surface area (Å²) < 4.78 is 6.21. The Kier molecular flexibility index (Phi) is 3.43. The van der Waals surface area contributed by atoms with Crippen LogP contribution in [-0.4, -0.2) is 24.2 Å². The number of halogens is 1. The Morgan fingerprint density at radius 1 is 1.47 bits per heavy atom. The lowest BCUT2D eigenvalue weighted by atomic mass is 10.1. The van der Waals surface area contributed by atoms with Crippen molar-refractivity contribution in [2.24, 2.45) is 0 Å². The molecule has 0 atom stereocenters. The quantitative estimate of drug-likeness (QED) is 0.864. The maximum absolute atomic E-state index is 5.62. The summed E-state index contributed by atoms with van der Waals surface area (Å²) in [4.78, 5) is 4.25. The standard InChI is InChI=1S/C10H14BrN3O/c11-9-5-7(12)6-13-10(9)14-8-1-3-15-4-2-8/h5-6,8H,1-4,12H2,(H,13,14). The average molecular weight is 272 g/mol. The van der Waals surface area contributed by atoms with Gasteiger partial charge in [-0.1, -0.05) is 0 Å². The van der Waals surface area contributed by atoms with Crippen molar-refractivity contribution in [2.75, 3.05) is 24.3 Å². The first-order valence-electron chi connectivity index (χ1n) is 5.01. The van der Waals surface area contributed by atoms with Crippen molar-refractivity contribution in [3.8, 4) is 0 Å². The number of nitrogens with two attached hydrogens (primary N) is 1. The zero-order valence-electron chi connectivity index (χ0n) is 8.37. The third-order valence-corrected chi connectivity index (χ3v) is 3.03. The van der Waals surface area contributed by atoms with Crippen molar-refractivity contribution in [3.63, 3.8) is 0 Å². The van der Waals surface area contributed by atoms with Gasteiger partial charge >= 0.3 is 0 Å². The molecular formula is C10H14BrN3O. The Hall–Kier alpha value is -0.810. The highest BCUT2D eigenvalue weighted by Gasteiger charge is 2.14. The summed E-state index contributed by atoms with van der Waals surface area (Å²) in [5, 5.41) is 3.38. The maximum Gasteiger partial charge on any atom is 0.140 e. The molecule has 0 spiro atoms. The predicted octanol–water partition coefficient (Wildman–Crippen LogP) is 2.02. The number of hydrogen-bond donors (Lipinski definition) is 2. The molecule has 3 N–H and O–H groups in total. The molecule has 1 aromatic rings. The minimum atomic E-state index is 0.450. The lowest BCUT2D eigenvalue weighted by molar-refractivity contribution is 0.0904. The molecule has 0 aromatic carbocycles. The second kappa shape index (κ2) is 4.81. The van der Waals surface area contributed by atoms with E-state index in [0.29, 0.717) is 11.7 Å². The molecule has 82 valence electrons. The van der Waals surface area contributed by atoms with Crippen LogP contribution in [0.2, 0.25) is 0 Å². The number of pyridine rings is 1. The third kappa shape index (κ3) is 2.82. The van der Waals surface area contributed by atoms with E-state index >= 15 is 0 Å². The van der Waals surface area contributed by atoms with Gasteiger partial charge in [-0.2, -0.15) is 0 Å². The number of nitrogen functional groups attached to an aromatic ring is 1. The van der Waals surface area contributed by atoms with E-state index in [-0.39, 0.29) is 0 Å². The summed E-state index contributed by atoms with van der Waals surface area (Å²) in [7, 11) is 0. The van der Waals surface area contributed by atoms with E-state index in [9.17, 15) is 0 Å². The van der Waals surface area contributed by atoms with Gasteiger partial charge in [0.05, 0.1) is 16.4 Å². The van der Waals surface area contributed by atoms with Crippen molar-refractivity contribution in [3.05, 3.63) is 16.7 Å². The van der Waals surface area contributed by atoms with Crippen LogP contribution in [0.5, 0.6) is 0 Å². The van der Waals surface area contributed by atoms with Crippen LogP contribution >= 0.6 is 15.9 Å². The number of ether oxygens (including phenoxy) is 1. The fourth-order valence-electron chi connectivity index (χ4n) is 1.59. The first kappa shape index (κ1) is 10.7. The second-order valence-corrected chi connectivity index (χ2v) is 4.48. The molecule has 1 fully saturated rings. The average Bonchev–Trinajstić information content (AvgIpc) is 2.24. The summed E-state index contributed by atoms with van der Waals surface area (Å²) in [5.74, 6) is 0.858. The van der Waals surface area contributed by atoms with E-state index in [1.54, 1.807) is 6.20 Å². The normalized spacial score (nSPS) is 17.7. The summed E-state index contributed by atoms with van der Waals surface area (Å²) >= 11 is 3.44. The molecule has 0 radical (unpaired) electrons. The Balaban J connectivity index is 2.03. The molecule has 1 aromatic heterocycles. The van der Waals surface area contributed by atoms with Crippen molar-refractivity contribution < 1.29 is 4.74 Å². The monoisotopic (exact) mass is 271 g/mol. The molecule has 1 aliphatic rings. The fourth-order valence-corrected chi connectivity index (χ4v) is 2.08. The van der Waals surface area contributed by atoms with Crippen LogP contribution in [0, 0.1) is 0 Å². The highest BCUT2D eigenvalue weighted by molar-refractivity contribution is 9.10. The lowest BCUT2D eigenvalue weighted by Gasteiger charge is -2.24. The highest BCUT2D eigenvalue weighted by Crippen LogP contribution is 2.24. The molecule has 0 unspecified atom stereocenters. The summed E-state index contributed by atoms with van der Waals surface area (Å²) in [6.45, 7) is 1.65. The van der Waals surface area contributed by atoms with Crippen molar-refractivity contribution in [2.45, 2.75) is 18.9 Å². The van der Waals surface area contributed by atoms with Gasteiger partial charge in [0.15, 0.2) is 0 Å². The van der Waals surface area contributed by atoms with Gasteiger partial charge in [0, 0.05) is 19.3 Å². The van der Waals surface area contributed by atoms with Crippen LogP contribution < -0.4 is 11.1 Å². The smallest absolute Gasteiger partial charge is 0.140 e. The molecule has 0 amide bonds. The number of rotatable bonds is 2. The molecule has 4 nitrogen and oxygen atoms in total. The number of nitrogens with one attached hydrogen (secondary N) is 1. The van der Waals surface area contributed by atoms with Crippen LogP contribution in [0.15, 0.2) is 16.7 Å².